The smallest absolute Gasteiger partial charge is 0.0649 e. The fourth-order valence-electron chi connectivity index (χ4n) is 1.60. The average molecular weight is 202 g/mol. The Labute approximate surface area is 86.7 Å². The summed E-state index contributed by atoms with van der Waals surface area (Å²) in [6, 6.07) is 6.40. The van der Waals surface area contributed by atoms with Crippen LogP contribution in [0.1, 0.15) is 5.56 Å². The summed E-state index contributed by atoms with van der Waals surface area (Å²) in [5, 5.41) is 11.4. The van der Waals surface area contributed by atoms with Crippen molar-refractivity contribution >= 4 is 16.9 Å². The maximum absolute atomic E-state index is 10.5. The van der Waals surface area contributed by atoms with Gasteiger partial charge in [-0.05, 0) is 18.1 Å². The molecule has 0 fully saturated rings. The second kappa shape index (κ2) is 3.74. The second-order valence-corrected chi connectivity index (χ2v) is 3.44. The molecule has 77 valence electrons. The van der Waals surface area contributed by atoms with Gasteiger partial charge in [0.2, 0.25) is 0 Å². The summed E-state index contributed by atoms with van der Waals surface area (Å²) in [4.78, 5) is 13.5. The van der Waals surface area contributed by atoms with Crippen LogP contribution in [-0.4, -0.2) is 17.0 Å². The van der Waals surface area contributed by atoms with Gasteiger partial charge in [-0.15, -0.1) is 0 Å². The van der Waals surface area contributed by atoms with Gasteiger partial charge >= 0.3 is 0 Å². The van der Waals surface area contributed by atoms with E-state index in [4.69, 9.17) is 5.73 Å². The molecule has 0 unspecified atom stereocenters. The summed E-state index contributed by atoms with van der Waals surface area (Å²) in [5.41, 5.74) is 9.10. The summed E-state index contributed by atoms with van der Waals surface area (Å²) >= 11 is 0. The maximum atomic E-state index is 10.5. The van der Waals surface area contributed by atoms with Gasteiger partial charge in [0, 0.05) is 17.1 Å². The summed E-state index contributed by atoms with van der Waals surface area (Å²) in [5.74, 6) is -1.33. The number of benzene rings is 1. The van der Waals surface area contributed by atoms with Crippen molar-refractivity contribution in [3.05, 3.63) is 36.0 Å². The number of carbonyl (C=O) groups excluding carboxylic acids is 1. The predicted octanol–water partition coefficient (Wildman–Crippen LogP) is 0.112. The highest BCUT2D eigenvalue weighted by Crippen LogP contribution is 2.18. The zero-order chi connectivity index (χ0) is 10.8. The lowest BCUT2D eigenvalue weighted by Gasteiger charge is -2.10. The van der Waals surface area contributed by atoms with Crippen LogP contribution in [0.3, 0.4) is 0 Å². The summed E-state index contributed by atoms with van der Waals surface area (Å²) in [6.07, 6.45) is 1.92. The van der Waals surface area contributed by atoms with Gasteiger partial charge in [-0.2, -0.15) is 0 Å². The van der Waals surface area contributed by atoms with E-state index in [1.807, 2.05) is 24.3 Å². The number of hydrogen-bond acceptors (Lipinski definition) is 2. The third-order valence-electron chi connectivity index (χ3n) is 2.38. The van der Waals surface area contributed by atoms with Gasteiger partial charge < -0.3 is 14.9 Å². The largest absolute Gasteiger partial charge is 0.548 e. The highest BCUT2D eigenvalue weighted by Gasteiger charge is 2.09. The lowest BCUT2D eigenvalue weighted by atomic mass is 10.1. The molecule has 1 atom stereocenters. The number of carboxylic acids is 1. The first-order valence-electron chi connectivity index (χ1n) is 4.65. The molecule has 0 amide bonds. The third-order valence-corrected chi connectivity index (χ3v) is 2.38. The van der Waals surface area contributed by atoms with E-state index in [1.54, 1.807) is 6.20 Å². The van der Waals surface area contributed by atoms with Crippen molar-refractivity contribution in [2.75, 3.05) is 0 Å². The van der Waals surface area contributed by atoms with Gasteiger partial charge in [-0.1, -0.05) is 18.2 Å². The van der Waals surface area contributed by atoms with E-state index in [2.05, 4.69) is 4.98 Å². The second-order valence-electron chi connectivity index (χ2n) is 3.44. The predicted molar refractivity (Wildman–Crippen MR) is 53.9 cm³/mol. The quantitative estimate of drug-likeness (QED) is 0.766. The minimum atomic E-state index is -1.33. The third kappa shape index (κ3) is 1.85. The van der Waals surface area contributed by atoms with Gasteiger partial charge in [-0.25, -0.2) is 5.73 Å². The minimum absolute atomic E-state index is 0.173. The molecule has 0 saturated carbocycles. The van der Waals surface area contributed by atoms with Crippen LogP contribution in [0.15, 0.2) is 30.5 Å². The molecule has 1 heterocycles. The Morgan fingerprint density at radius 2 is 2.20 bits per heavy atom. The molecule has 0 aliphatic rings. The first-order chi connectivity index (χ1) is 7.18. The summed E-state index contributed by atoms with van der Waals surface area (Å²) < 4.78 is 0. The Kier molecular flexibility index (Phi) is 2.43. The Bertz CT molecular complexity index is 490. The van der Waals surface area contributed by atoms with E-state index in [0.29, 0.717) is 0 Å². The van der Waals surface area contributed by atoms with E-state index in [-0.39, 0.29) is 6.42 Å². The normalized spacial score (nSPS) is 12.9. The molecule has 2 rings (SSSR count). The average Bonchev–Trinajstić information content (AvgIpc) is 2.62. The van der Waals surface area contributed by atoms with Gasteiger partial charge in [-0.3, -0.25) is 0 Å². The van der Waals surface area contributed by atoms with E-state index >= 15 is 0 Å². The number of aromatic amines is 1. The zero-order valence-electron chi connectivity index (χ0n) is 7.99. The number of nitrogens with one attached hydrogen (secondary N) is 2. The molecule has 0 bridgehead atoms. The SMILES string of the molecule is [NH][C@H](Cc1c[nH]c2ccccc12)C(=O)[O-]. The van der Waals surface area contributed by atoms with Crippen LogP contribution >= 0.6 is 0 Å². The number of aromatic nitrogens is 1. The molecule has 0 spiro atoms. The van der Waals surface area contributed by atoms with E-state index in [1.165, 1.54) is 0 Å². The van der Waals surface area contributed by atoms with Crippen molar-refractivity contribution in [2.24, 2.45) is 0 Å². The van der Waals surface area contributed by atoms with E-state index < -0.39 is 12.0 Å². The monoisotopic (exact) mass is 202 g/mol. The number of fused-ring (bicyclic) bond motifs is 1. The van der Waals surface area contributed by atoms with E-state index in [0.717, 1.165) is 16.5 Å². The Morgan fingerprint density at radius 3 is 2.93 bits per heavy atom. The number of carboxylic acid groups (broad SMARTS) is 1. The van der Waals surface area contributed by atoms with Crippen molar-refractivity contribution in [3.8, 4) is 0 Å². The van der Waals surface area contributed by atoms with Crippen LogP contribution in [0.4, 0.5) is 0 Å². The van der Waals surface area contributed by atoms with Crippen molar-refractivity contribution in [2.45, 2.75) is 12.5 Å². The molecule has 15 heavy (non-hydrogen) atoms. The van der Waals surface area contributed by atoms with Crippen LogP contribution in [0.25, 0.3) is 10.9 Å². The van der Waals surface area contributed by atoms with Crippen molar-refractivity contribution < 1.29 is 9.90 Å². The molecular formula is C11H10N2O2-. The molecule has 2 N–H and O–H groups in total. The molecule has 4 nitrogen and oxygen atoms in total. The van der Waals surface area contributed by atoms with E-state index in [9.17, 15) is 9.90 Å². The fourth-order valence-corrected chi connectivity index (χ4v) is 1.60. The Hall–Kier alpha value is -1.81. The van der Waals surface area contributed by atoms with Crippen LogP contribution in [0, 0.1) is 0 Å². The topological polar surface area (TPSA) is 79.7 Å². The van der Waals surface area contributed by atoms with Crippen molar-refractivity contribution in [1.82, 2.24) is 10.7 Å². The highest BCUT2D eigenvalue weighted by atomic mass is 16.4. The van der Waals surface area contributed by atoms with Crippen LogP contribution in [0.5, 0.6) is 0 Å². The first kappa shape index (κ1) is 9.73. The number of hydrogen-bond donors (Lipinski definition) is 1. The maximum Gasteiger partial charge on any atom is 0.0649 e. The number of carbonyl (C=O) groups is 1. The molecule has 0 saturated heterocycles. The molecule has 4 heteroatoms. The molecule has 1 radical (unpaired) electrons. The number of para-hydroxylation sites is 1. The summed E-state index contributed by atoms with van der Waals surface area (Å²) in [7, 11) is 0. The lowest BCUT2D eigenvalue weighted by molar-refractivity contribution is -0.307. The number of rotatable bonds is 3. The molecular weight excluding hydrogens is 192 g/mol. The van der Waals surface area contributed by atoms with Gasteiger partial charge in [0.25, 0.3) is 0 Å². The van der Waals surface area contributed by atoms with Gasteiger partial charge in [0.05, 0.1) is 12.0 Å². The minimum Gasteiger partial charge on any atom is -0.548 e. The zero-order valence-corrected chi connectivity index (χ0v) is 7.99. The summed E-state index contributed by atoms with van der Waals surface area (Å²) in [6.45, 7) is 0. The van der Waals surface area contributed by atoms with Gasteiger partial charge in [0.1, 0.15) is 0 Å². The number of aliphatic carboxylic acids is 1. The molecule has 2 aromatic rings. The Balaban J connectivity index is 2.32. The van der Waals surface area contributed by atoms with Crippen molar-refractivity contribution in [1.29, 1.82) is 0 Å². The molecule has 1 aromatic carbocycles. The first-order valence-corrected chi connectivity index (χ1v) is 4.65. The number of H-pyrrole nitrogens is 1. The standard InChI is InChI=1S/C11H11N2O2/c12-9(11(14)15)5-7-6-13-10-4-2-1-3-8(7)10/h1-4,6,9,12-13H,5H2,(H,14,15)/p-1/t9-/m1/s1. The molecule has 0 aliphatic heterocycles. The van der Waals surface area contributed by atoms with Crippen LogP contribution < -0.4 is 10.8 Å². The van der Waals surface area contributed by atoms with Crippen LogP contribution in [0.2, 0.25) is 0 Å². The Morgan fingerprint density at radius 1 is 1.47 bits per heavy atom. The fraction of sp³-hybridized carbons (Fsp3) is 0.182. The molecule has 1 aromatic heterocycles. The van der Waals surface area contributed by atoms with Crippen LogP contribution in [-0.2, 0) is 11.2 Å². The van der Waals surface area contributed by atoms with Crippen molar-refractivity contribution in [3.63, 3.8) is 0 Å². The lowest BCUT2D eigenvalue weighted by Crippen LogP contribution is -2.37. The van der Waals surface area contributed by atoms with Gasteiger partial charge in [0.15, 0.2) is 0 Å². The highest BCUT2D eigenvalue weighted by molar-refractivity contribution is 5.84. The molecule has 0 aliphatic carbocycles.